The molecule has 0 N–H and O–H groups in total. The highest BCUT2D eigenvalue weighted by atomic mass is 79.9. The molecule has 1 rings (SSSR count). The van der Waals surface area contributed by atoms with Gasteiger partial charge in [0.2, 0.25) is 0 Å². The van der Waals surface area contributed by atoms with Crippen molar-refractivity contribution < 1.29 is 4.74 Å². The van der Waals surface area contributed by atoms with Crippen molar-refractivity contribution in [3.8, 4) is 0 Å². The van der Waals surface area contributed by atoms with E-state index in [0.29, 0.717) is 5.41 Å². The van der Waals surface area contributed by atoms with Crippen molar-refractivity contribution in [3.63, 3.8) is 0 Å². The van der Waals surface area contributed by atoms with E-state index >= 15 is 0 Å². The number of rotatable bonds is 5. The summed E-state index contributed by atoms with van der Waals surface area (Å²) in [5.74, 6) is 1.70. The molecule has 1 fully saturated rings. The summed E-state index contributed by atoms with van der Waals surface area (Å²) in [6, 6.07) is 0. The molecule has 0 spiro atoms. The first-order valence-corrected chi connectivity index (χ1v) is 5.84. The molecule has 3 unspecified atom stereocenters. The van der Waals surface area contributed by atoms with Gasteiger partial charge >= 0.3 is 0 Å². The number of alkyl halides is 1. The van der Waals surface area contributed by atoms with Crippen LogP contribution >= 0.6 is 15.9 Å². The summed E-state index contributed by atoms with van der Waals surface area (Å²) in [6.45, 7) is 5.61. The van der Waals surface area contributed by atoms with Crippen LogP contribution in [-0.4, -0.2) is 19.0 Å². The second-order valence-corrected chi connectivity index (χ2v) is 4.72. The molecular weight excluding hydrogens is 216 g/mol. The Kier molecular flexibility index (Phi) is 3.59. The molecule has 0 heterocycles. The highest BCUT2D eigenvalue weighted by Crippen LogP contribution is 2.59. The van der Waals surface area contributed by atoms with Crippen LogP contribution in [0.3, 0.4) is 0 Å². The average Bonchev–Trinajstić information content (AvgIpc) is 2.74. The molecule has 2 heteroatoms. The van der Waals surface area contributed by atoms with Crippen LogP contribution in [0.15, 0.2) is 0 Å². The number of halogens is 1. The van der Waals surface area contributed by atoms with Crippen LogP contribution in [0.1, 0.15) is 26.7 Å². The minimum atomic E-state index is 0.596. The van der Waals surface area contributed by atoms with Gasteiger partial charge in [0.1, 0.15) is 0 Å². The SMILES string of the molecule is COCCC(C)C1(CBr)CC1C. The van der Waals surface area contributed by atoms with Gasteiger partial charge in [-0.1, -0.05) is 29.8 Å². The zero-order valence-corrected chi connectivity index (χ0v) is 9.86. The molecule has 0 aromatic carbocycles. The van der Waals surface area contributed by atoms with E-state index in [4.69, 9.17) is 4.74 Å². The molecule has 0 bridgehead atoms. The molecule has 1 aliphatic carbocycles. The van der Waals surface area contributed by atoms with E-state index in [1.807, 2.05) is 0 Å². The maximum atomic E-state index is 5.10. The van der Waals surface area contributed by atoms with Crippen molar-refractivity contribution in [2.45, 2.75) is 26.7 Å². The molecule has 72 valence electrons. The largest absolute Gasteiger partial charge is 0.385 e. The van der Waals surface area contributed by atoms with Gasteiger partial charge in [-0.2, -0.15) is 0 Å². The first-order valence-electron chi connectivity index (χ1n) is 4.72. The maximum Gasteiger partial charge on any atom is 0.0465 e. The summed E-state index contributed by atoms with van der Waals surface area (Å²) in [4.78, 5) is 0. The third-order valence-corrected chi connectivity index (χ3v) is 4.54. The molecule has 0 amide bonds. The third-order valence-electron chi connectivity index (χ3n) is 3.49. The van der Waals surface area contributed by atoms with Crippen LogP contribution in [-0.2, 0) is 4.74 Å². The summed E-state index contributed by atoms with van der Waals surface area (Å²) >= 11 is 3.63. The smallest absolute Gasteiger partial charge is 0.0465 e. The molecular formula is C10H19BrO. The number of methoxy groups -OCH3 is 1. The van der Waals surface area contributed by atoms with Crippen LogP contribution in [0.4, 0.5) is 0 Å². The van der Waals surface area contributed by atoms with Gasteiger partial charge in [0, 0.05) is 19.0 Å². The molecule has 1 saturated carbocycles. The van der Waals surface area contributed by atoms with E-state index in [-0.39, 0.29) is 0 Å². The fraction of sp³-hybridized carbons (Fsp3) is 1.00. The summed E-state index contributed by atoms with van der Waals surface area (Å²) < 4.78 is 5.10. The fourth-order valence-corrected chi connectivity index (χ4v) is 3.43. The molecule has 1 aliphatic rings. The molecule has 3 atom stereocenters. The second-order valence-electron chi connectivity index (χ2n) is 4.15. The molecule has 12 heavy (non-hydrogen) atoms. The lowest BCUT2D eigenvalue weighted by Gasteiger charge is -2.21. The summed E-state index contributed by atoms with van der Waals surface area (Å²) in [7, 11) is 1.78. The highest BCUT2D eigenvalue weighted by Gasteiger charge is 2.53. The predicted octanol–water partition coefficient (Wildman–Crippen LogP) is 3.08. The zero-order valence-electron chi connectivity index (χ0n) is 8.27. The average molecular weight is 235 g/mol. The van der Waals surface area contributed by atoms with Crippen molar-refractivity contribution in [2.75, 3.05) is 19.0 Å². The summed E-state index contributed by atoms with van der Waals surface area (Å²) in [6.07, 6.45) is 2.59. The van der Waals surface area contributed by atoms with Crippen molar-refractivity contribution in [3.05, 3.63) is 0 Å². The van der Waals surface area contributed by atoms with Crippen molar-refractivity contribution in [1.82, 2.24) is 0 Å². The van der Waals surface area contributed by atoms with Crippen LogP contribution in [0.5, 0.6) is 0 Å². The summed E-state index contributed by atoms with van der Waals surface area (Å²) in [5.41, 5.74) is 0.596. The van der Waals surface area contributed by atoms with Gasteiger partial charge < -0.3 is 4.74 Å². The maximum absolute atomic E-state index is 5.10. The zero-order chi connectivity index (χ0) is 9.19. The van der Waals surface area contributed by atoms with Gasteiger partial charge in [-0.25, -0.2) is 0 Å². The van der Waals surface area contributed by atoms with Crippen molar-refractivity contribution >= 4 is 15.9 Å². The minimum absolute atomic E-state index is 0.596. The van der Waals surface area contributed by atoms with E-state index < -0.39 is 0 Å². The third kappa shape index (κ3) is 1.85. The van der Waals surface area contributed by atoms with Gasteiger partial charge in [0.15, 0.2) is 0 Å². The molecule has 0 aromatic rings. The van der Waals surface area contributed by atoms with Gasteiger partial charge in [0.25, 0.3) is 0 Å². The normalized spacial score (nSPS) is 36.5. The molecule has 0 aromatic heterocycles. The number of ether oxygens (including phenoxy) is 1. The molecule has 0 aliphatic heterocycles. The quantitative estimate of drug-likeness (QED) is 0.665. The van der Waals surface area contributed by atoms with Gasteiger partial charge in [-0.15, -0.1) is 0 Å². The monoisotopic (exact) mass is 234 g/mol. The van der Waals surface area contributed by atoms with Crippen LogP contribution < -0.4 is 0 Å². The van der Waals surface area contributed by atoms with E-state index in [2.05, 4.69) is 29.8 Å². The standard InChI is InChI=1S/C10H19BrO/c1-8(4-5-12-3)10(7-11)6-9(10)2/h8-9H,4-7H2,1-3H3. The van der Waals surface area contributed by atoms with E-state index in [1.165, 1.54) is 12.8 Å². The topological polar surface area (TPSA) is 9.23 Å². The lowest BCUT2D eigenvalue weighted by molar-refractivity contribution is 0.162. The Labute approximate surface area is 84.0 Å². The van der Waals surface area contributed by atoms with Crippen LogP contribution in [0.2, 0.25) is 0 Å². The minimum Gasteiger partial charge on any atom is -0.385 e. The second kappa shape index (κ2) is 4.10. The Morgan fingerprint density at radius 1 is 1.67 bits per heavy atom. The number of hydrogen-bond acceptors (Lipinski definition) is 1. The van der Waals surface area contributed by atoms with Gasteiger partial charge in [-0.05, 0) is 30.1 Å². The lowest BCUT2D eigenvalue weighted by atomic mass is 9.88. The first-order chi connectivity index (χ1) is 5.67. The Morgan fingerprint density at radius 3 is 2.58 bits per heavy atom. The highest BCUT2D eigenvalue weighted by molar-refractivity contribution is 9.09. The summed E-state index contributed by atoms with van der Waals surface area (Å²) in [5, 5.41) is 1.16. The molecule has 0 radical (unpaired) electrons. The van der Waals surface area contributed by atoms with E-state index in [1.54, 1.807) is 7.11 Å². The van der Waals surface area contributed by atoms with Gasteiger partial charge in [-0.3, -0.25) is 0 Å². The predicted molar refractivity (Wildman–Crippen MR) is 55.7 cm³/mol. The fourth-order valence-electron chi connectivity index (χ4n) is 2.10. The first kappa shape index (κ1) is 10.5. The van der Waals surface area contributed by atoms with E-state index in [0.717, 1.165) is 23.8 Å². The van der Waals surface area contributed by atoms with Gasteiger partial charge in [0.05, 0.1) is 0 Å². The van der Waals surface area contributed by atoms with Crippen molar-refractivity contribution in [1.29, 1.82) is 0 Å². The Morgan fingerprint density at radius 2 is 2.25 bits per heavy atom. The van der Waals surface area contributed by atoms with Crippen LogP contribution in [0, 0.1) is 17.3 Å². The molecule has 0 saturated heterocycles. The Hall–Kier alpha value is 0.440. The lowest BCUT2D eigenvalue weighted by Crippen LogP contribution is -2.18. The Balaban J connectivity index is 2.35. The molecule has 1 nitrogen and oxygen atoms in total. The van der Waals surface area contributed by atoms with Crippen molar-refractivity contribution in [2.24, 2.45) is 17.3 Å². The van der Waals surface area contributed by atoms with Crippen LogP contribution in [0.25, 0.3) is 0 Å². The Bertz CT molecular complexity index is 145. The van der Waals surface area contributed by atoms with E-state index in [9.17, 15) is 0 Å². The number of hydrogen-bond donors (Lipinski definition) is 0.